The number of allylic oxidation sites excluding steroid dienone is 3. The molecule has 0 unspecified atom stereocenters. The molecule has 1 aliphatic rings. The zero-order chi connectivity index (χ0) is 25.9. The van der Waals surface area contributed by atoms with Crippen LogP contribution in [-0.2, 0) is 12.8 Å². The third-order valence-electron chi connectivity index (χ3n) is 7.28. The second kappa shape index (κ2) is 10.7. The average molecular weight is 511 g/mol. The molecule has 0 atom stereocenters. The smallest absolute Gasteiger partial charge is 0.0893 e. The van der Waals surface area contributed by atoms with Crippen molar-refractivity contribution in [2.75, 3.05) is 0 Å². The highest BCUT2D eigenvalue weighted by Crippen LogP contribution is 2.36. The second-order valence-electron chi connectivity index (χ2n) is 9.77. The van der Waals surface area contributed by atoms with Gasteiger partial charge in [0.2, 0.25) is 0 Å². The number of rotatable bonds is 6. The topological polar surface area (TPSA) is 38.9 Å². The molecule has 38 heavy (non-hydrogen) atoms. The Morgan fingerprint density at radius 2 is 1.66 bits per heavy atom. The van der Waals surface area contributed by atoms with Gasteiger partial charge in [-0.3, -0.25) is 4.98 Å². The number of nitrogens with zero attached hydrogens (tertiary/aromatic N) is 1. The Morgan fingerprint density at radius 1 is 0.842 bits per heavy atom. The summed E-state index contributed by atoms with van der Waals surface area (Å²) in [4.78, 5) is 7.06. The van der Waals surface area contributed by atoms with Crippen molar-refractivity contribution in [2.45, 2.75) is 36.0 Å². The highest BCUT2D eigenvalue weighted by Gasteiger charge is 2.16. The zero-order valence-electron chi connectivity index (χ0n) is 21.5. The summed E-state index contributed by atoms with van der Waals surface area (Å²) in [5, 5.41) is 2.59. The number of hydrogen-bond donors (Lipinski definition) is 1. The minimum Gasteiger partial charge on any atom is -0.397 e. The van der Waals surface area contributed by atoms with Crippen LogP contribution in [-0.4, -0.2) is 4.98 Å². The van der Waals surface area contributed by atoms with E-state index in [1.54, 1.807) is 0 Å². The van der Waals surface area contributed by atoms with Gasteiger partial charge in [-0.15, -0.1) is 0 Å². The number of benzene rings is 4. The number of aromatic nitrogens is 1. The molecule has 0 spiro atoms. The summed E-state index contributed by atoms with van der Waals surface area (Å²) >= 11 is 1.82. The summed E-state index contributed by atoms with van der Waals surface area (Å²) in [5.41, 5.74) is 15.8. The fraction of sp³-hybridized carbons (Fsp3) is 0.114. The molecular formula is C35H30N2S. The molecule has 1 aromatic heterocycles. The molecule has 1 heterocycles. The highest BCUT2D eigenvalue weighted by molar-refractivity contribution is 7.99. The van der Waals surface area contributed by atoms with Crippen LogP contribution in [0.25, 0.3) is 27.6 Å². The molecule has 2 N–H and O–H groups in total. The third-order valence-corrected chi connectivity index (χ3v) is 8.47. The molecule has 4 aromatic carbocycles. The van der Waals surface area contributed by atoms with Gasteiger partial charge in [0.1, 0.15) is 0 Å². The van der Waals surface area contributed by atoms with Crippen molar-refractivity contribution in [1.82, 2.24) is 4.98 Å². The zero-order valence-corrected chi connectivity index (χ0v) is 22.3. The highest BCUT2D eigenvalue weighted by atomic mass is 32.2. The van der Waals surface area contributed by atoms with E-state index in [1.165, 1.54) is 54.0 Å². The van der Waals surface area contributed by atoms with Crippen LogP contribution in [0, 0.1) is 6.92 Å². The number of aryl methyl sites for hydroxylation is 2. The van der Waals surface area contributed by atoms with Crippen LogP contribution >= 0.6 is 11.8 Å². The van der Waals surface area contributed by atoms with E-state index in [0.29, 0.717) is 0 Å². The molecule has 0 bridgehead atoms. The number of fused-ring (bicyclic) bond motifs is 2. The Balaban J connectivity index is 1.27. The summed E-state index contributed by atoms with van der Waals surface area (Å²) in [5.74, 6) is 0. The Labute approximate surface area is 229 Å². The van der Waals surface area contributed by atoms with Gasteiger partial charge in [0.15, 0.2) is 0 Å². The van der Waals surface area contributed by atoms with Gasteiger partial charge in [0, 0.05) is 16.0 Å². The molecule has 0 saturated heterocycles. The first-order valence-corrected chi connectivity index (χ1v) is 13.9. The van der Waals surface area contributed by atoms with Gasteiger partial charge in [0.05, 0.1) is 11.4 Å². The van der Waals surface area contributed by atoms with E-state index >= 15 is 0 Å². The van der Waals surface area contributed by atoms with Gasteiger partial charge in [-0.2, -0.15) is 0 Å². The Kier molecular flexibility index (Phi) is 6.85. The van der Waals surface area contributed by atoms with Gasteiger partial charge in [0.25, 0.3) is 0 Å². The van der Waals surface area contributed by atoms with Crippen molar-refractivity contribution in [2.24, 2.45) is 5.73 Å². The standard InChI is InChI=1S/C35H30N2S/c1-24-23-28(19-21-33(24)38-29-12-3-2-4-13-29)31-20-18-25(30-14-5-6-15-32(30)31)9-7-10-26-16-17-27-11-8-22-37-35(27)34(26)36/h2-8,10-15,18-23H,9,16-17,36H2,1H3/b10-7-. The summed E-state index contributed by atoms with van der Waals surface area (Å²) in [6, 6.07) is 34.8. The minimum absolute atomic E-state index is 0.813. The molecule has 6 rings (SSSR count). The number of pyridine rings is 1. The van der Waals surface area contributed by atoms with Crippen LogP contribution in [0.1, 0.15) is 28.8 Å². The van der Waals surface area contributed by atoms with Crippen LogP contribution in [0.4, 0.5) is 0 Å². The van der Waals surface area contributed by atoms with Crippen LogP contribution in [0.15, 0.2) is 131 Å². The molecule has 0 saturated carbocycles. The van der Waals surface area contributed by atoms with Crippen molar-refractivity contribution >= 4 is 28.2 Å². The van der Waals surface area contributed by atoms with E-state index in [2.05, 4.69) is 115 Å². The van der Waals surface area contributed by atoms with Crippen molar-refractivity contribution < 1.29 is 0 Å². The van der Waals surface area contributed by atoms with Crippen LogP contribution < -0.4 is 5.73 Å². The Hall–Kier alpha value is -4.08. The Morgan fingerprint density at radius 3 is 2.50 bits per heavy atom. The lowest BCUT2D eigenvalue weighted by Gasteiger charge is -2.17. The van der Waals surface area contributed by atoms with E-state index in [4.69, 9.17) is 5.73 Å². The quantitative estimate of drug-likeness (QED) is 0.248. The Bertz CT molecular complexity index is 1680. The van der Waals surface area contributed by atoms with E-state index < -0.39 is 0 Å². The van der Waals surface area contributed by atoms with E-state index in [0.717, 1.165) is 30.7 Å². The lowest BCUT2D eigenvalue weighted by Crippen LogP contribution is -2.11. The predicted octanol–water partition coefficient (Wildman–Crippen LogP) is 8.78. The predicted molar refractivity (Wildman–Crippen MR) is 161 cm³/mol. The molecule has 2 nitrogen and oxygen atoms in total. The largest absolute Gasteiger partial charge is 0.397 e. The molecule has 186 valence electrons. The van der Waals surface area contributed by atoms with Crippen LogP contribution in [0.2, 0.25) is 0 Å². The van der Waals surface area contributed by atoms with E-state index in [9.17, 15) is 0 Å². The number of nitrogens with two attached hydrogens (primary N) is 1. The molecule has 0 radical (unpaired) electrons. The molecule has 5 aromatic rings. The normalized spacial score (nSPS) is 13.3. The monoisotopic (exact) mass is 510 g/mol. The van der Waals surface area contributed by atoms with Gasteiger partial charge < -0.3 is 5.73 Å². The molecule has 0 fully saturated rings. The molecule has 3 heteroatoms. The van der Waals surface area contributed by atoms with Crippen molar-refractivity contribution in [3.8, 4) is 11.1 Å². The molecular weight excluding hydrogens is 480 g/mol. The van der Waals surface area contributed by atoms with Crippen molar-refractivity contribution in [1.29, 1.82) is 0 Å². The molecule has 0 aliphatic heterocycles. The maximum Gasteiger partial charge on any atom is 0.0893 e. The van der Waals surface area contributed by atoms with Gasteiger partial charge >= 0.3 is 0 Å². The van der Waals surface area contributed by atoms with Gasteiger partial charge in [-0.1, -0.05) is 96.7 Å². The SMILES string of the molecule is Cc1cc(-c2ccc(C/C=C\C3=C(N)c4ncccc4CC3)c3ccccc23)ccc1Sc1ccccc1. The van der Waals surface area contributed by atoms with Crippen LogP contribution in [0.5, 0.6) is 0 Å². The fourth-order valence-electron chi connectivity index (χ4n) is 5.28. The average Bonchev–Trinajstić information content (AvgIpc) is 2.96. The molecule has 1 aliphatic carbocycles. The summed E-state index contributed by atoms with van der Waals surface area (Å²) < 4.78 is 0. The maximum atomic E-state index is 6.48. The lowest BCUT2D eigenvalue weighted by atomic mass is 9.91. The third kappa shape index (κ3) is 4.90. The van der Waals surface area contributed by atoms with Gasteiger partial charge in [-0.05, 0) is 94.6 Å². The fourth-order valence-corrected chi connectivity index (χ4v) is 6.18. The summed E-state index contributed by atoms with van der Waals surface area (Å²) in [6.07, 6.45) is 9.07. The first kappa shape index (κ1) is 24.3. The second-order valence-corrected chi connectivity index (χ2v) is 10.9. The van der Waals surface area contributed by atoms with Crippen molar-refractivity contribution in [3.05, 3.63) is 143 Å². The first-order valence-electron chi connectivity index (χ1n) is 13.1. The van der Waals surface area contributed by atoms with E-state index in [1.807, 2.05) is 24.0 Å². The first-order chi connectivity index (χ1) is 18.7. The molecule has 0 amide bonds. The van der Waals surface area contributed by atoms with Crippen LogP contribution in [0.3, 0.4) is 0 Å². The van der Waals surface area contributed by atoms with Gasteiger partial charge in [-0.25, -0.2) is 0 Å². The lowest BCUT2D eigenvalue weighted by molar-refractivity contribution is 0.915. The summed E-state index contributed by atoms with van der Waals surface area (Å²) in [7, 11) is 0. The van der Waals surface area contributed by atoms with E-state index in [-0.39, 0.29) is 0 Å². The summed E-state index contributed by atoms with van der Waals surface area (Å²) in [6.45, 7) is 2.20. The minimum atomic E-state index is 0.813. The van der Waals surface area contributed by atoms with Crippen molar-refractivity contribution in [3.63, 3.8) is 0 Å². The number of hydrogen-bond acceptors (Lipinski definition) is 3. The maximum absolute atomic E-state index is 6.48.